The van der Waals surface area contributed by atoms with Crippen LogP contribution in [-0.4, -0.2) is 0 Å². The van der Waals surface area contributed by atoms with Gasteiger partial charge in [-0.25, -0.2) is 8.78 Å². The summed E-state index contributed by atoms with van der Waals surface area (Å²) < 4.78 is 28.0. The third-order valence-corrected chi connectivity index (χ3v) is 7.19. The first-order valence-electron chi connectivity index (χ1n) is 10.6. The zero-order valence-electron chi connectivity index (χ0n) is 15.9. The highest BCUT2D eigenvalue weighted by Gasteiger charge is 2.37. The molecule has 0 N–H and O–H groups in total. The SMILES string of the molecule is CCCC1CCC(C2CC(c3cccc(F)c3F)CCC2CC)CC1. The summed E-state index contributed by atoms with van der Waals surface area (Å²) in [6.07, 6.45) is 12.6. The van der Waals surface area contributed by atoms with E-state index in [2.05, 4.69) is 13.8 Å². The van der Waals surface area contributed by atoms with Gasteiger partial charge in [-0.1, -0.05) is 58.1 Å². The quantitative estimate of drug-likeness (QED) is 0.517. The Balaban J connectivity index is 1.70. The van der Waals surface area contributed by atoms with Crippen molar-refractivity contribution in [1.82, 2.24) is 0 Å². The van der Waals surface area contributed by atoms with Crippen LogP contribution in [0.3, 0.4) is 0 Å². The van der Waals surface area contributed by atoms with E-state index in [1.165, 1.54) is 57.4 Å². The molecule has 0 bridgehead atoms. The summed E-state index contributed by atoms with van der Waals surface area (Å²) in [4.78, 5) is 0. The molecule has 0 amide bonds. The molecule has 2 saturated carbocycles. The second-order valence-corrected chi connectivity index (χ2v) is 8.55. The van der Waals surface area contributed by atoms with Gasteiger partial charge in [-0.3, -0.25) is 0 Å². The fourth-order valence-electron chi connectivity index (χ4n) is 5.78. The van der Waals surface area contributed by atoms with Gasteiger partial charge in [0.15, 0.2) is 11.6 Å². The zero-order valence-corrected chi connectivity index (χ0v) is 15.9. The van der Waals surface area contributed by atoms with Crippen LogP contribution in [0.4, 0.5) is 8.78 Å². The standard InChI is InChI=1S/C23H34F2/c1-3-6-16-9-11-18(12-10-16)21-15-19(14-13-17(21)4-2)20-7-5-8-22(24)23(20)25/h5,7-8,16-19,21H,3-4,6,9-15H2,1-2H3. The molecule has 0 heterocycles. The maximum Gasteiger partial charge on any atom is 0.162 e. The zero-order chi connectivity index (χ0) is 17.8. The number of hydrogen-bond acceptors (Lipinski definition) is 0. The van der Waals surface area contributed by atoms with Crippen LogP contribution in [0.15, 0.2) is 18.2 Å². The molecule has 0 saturated heterocycles. The fraction of sp³-hybridized carbons (Fsp3) is 0.739. The van der Waals surface area contributed by atoms with Gasteiger partial charge < -0.3 is 0 Å². The highest BCUT2D eigenvalue weighted by atomic mass is 19.2. The molecule has 140 valence electrons. The van der Waals surface area contributed by atoms with Gasteiger partial charge >= 0.3 is 0 Å². The summed E-state index contributed by atoms with van der Waals surface area (Å²) in [5, 5.41) is 0. The van der Waals surface area contributed by atoms with Crippen LogP contribution >= 0.6 is 0 Å². The van der Waals surface area contributed by atoms with E-state index >= 15 is 0 Å². The van der Waals surface area contributed by atoms with Crippen LogP contribution in [0, 0.1) is 35.3 Å². The molecule has 3 unspecified atom stereocenters. The highest BCUT2D eigenvalue weighted by molar-refractivity contribution is 5.24. The lowest BCUT2D eigenvalue weighted by Gasteiger charge is -2.43. The van der Waals surface area contributed by atoms with Crippen molar-refractivity contribution < 1.29 is 8.78 Å². The van der Waals surface area contributed by atoms with Crippen molar-refractivity contribution in [2.45, 2.75) is 84.0 Å². The van der Waals surface area contributed by atoms with Gasteiger partial charge in [-0.15, -0.1) is 0 Å². The average Bonchev–Trinajstić information content (AvgIpc) is 2.64. The van der Waals surface area contributed by atoms with E-state index in [9.17, 15) is 8.78 Å². The highest BCUT2D eigenvalue weighted by Crippen LogP contribution is 2.49. The Kier molecular flexibility index (Phi) is 6.52. The summed E-state index contributed by atoms with van der Waals surface area (Å²) in [5.74, 6) is 2.13. The summed E-state index contributed by atoms with van der Waals surface area (Å²) in [6, 6.07) is 4.72. The predicted molar refractivity (Wildman–Crippen MR) is 101 cm³/mol. The molecule has 2 aliphatic rings. The third kappa shape index (κ3) is 4.26. The molecule has 0 spiro atoms. The van der Waals surface area contributed by atoms with Crippen molar-refractivity contribution in [3.8, 4) is 0 Å². The van der Waals surface area contributed by atoms with Gasteiger partial charge in [-0.05, 0) is 73.3 Å². The second-order valence-electron chi connectivity index (χ2n) is 8.55. The summed E-state index contributed by atoms with van der Waals surface area (Å²) in [6.45, 7) is 4.60. The average molecular weight is 349 g/mol. The number of hydrogen-bond donors (Lipinski definition) is 0. The van der Waals surface area contributed by atoms with Crippen LogP contribution in [0.25, 0.3) is 0 Å². The van der Waals surface area contributed by atoms with Crippen LogP contribution in [0.2, 0.25) is 0 Å². The van der Waals surface area contributed by atoms with Gasteiger partial charge in [0, 0.05) is 0 Å². The van der Waals surface area contributed by atoms with E-state index in [1.54, 1.807) is 6.07 Å². The van der Waals surface area contributed by atoms with E-state index in [1.807, 2.05) is 6.07 Å². The first-order chi connectivity index (χ1) is 12.1. The van der Waals surface area contributed by atoms with Gasteiger partial charge in [0.1, 0.15) is 0 Å². The van der Waals surface area contributed by atoms with Gasteiger partial charge in [0.2, 0.25) is 0 Å². The molecule has 1 aromatic rings. The molecule has 0 aliphatic heterocycles. The van der Waals surface area contributed by atoms with Crippen LogP contribution < -0.4 is 0 Å². The van der Waals surface area contributed by atoms with E-state index in [-0.39, 0.29) is 5.92 Å². The molecular weight excluding hydrogens is 314 g/mol. The van der Waals surface area contributed by atoms with Crippen molar-refractivity contribution in [3.63, 3.8) is 0 Å². The topological polar surface area (TPSA) is 0 Å². The Morgan fingerprint density at radius 2 is 1.72 bits per heavy atom. The molecule has 1 aromatic carbocycles. The molecule has 0 radical (unpaired) electrons. The molecule has 3 rings (SSSR count). The van der Waals surface area contributed by atoms with Crippen LogP contribution in [-0.2, 0) is 0 Å². The van der Waals surface area contributed by atoms with Crippen molar-refractivity contribution in [2.24, 2.45) is 23.7 Å². The monoisotopic (exact) mass is 348 g/mol. The second kappa shape index (κ2) is 8.64. The normalized spacial score (nSPS) is 33.4. The Bertz CT molecular complexity index is 545. The Morgan fingerprint density at radius 3 is 2.40 bits per heavy atom. The smallest absolute Gasteiger partial charge is 0.162 e. The lowest BCUT2D eigenvalue weighted by molar-refractivity contribution is 0.0972. The summed E-state index contributed by atoms with van der Waals surface area (Å²) >= 11 is 0. The minimum absolute atomic E-state index is 0.205. The van der Waals surface area contributed by atoms with Gasteiger partial charge in [0.25, 0.3) is 0 Å². The van der Waals surface area contributed by atoms with Gasteiger partial charge in [0.05, 0.1) is 0 Å². The Morgan fingerprint density at radius 1 is 0.960 bits per heavy atom. The molecule has 2 heteroatoms. The Labute approximate surface area is 152 Å². The molecule has 0 nitrogen and oxygen atoms in total. The minimum Gasteiger partial charge on any atom is -0.204 e. The van der Waals surface area contributed by atoms with Crippen molar-refractivity contribution in [3.05, 3.63) is 35.4 Å². The molecular formula is C23H34F2. The molecule has 3 atom stereocenters. The first-order valence-corrected chi connectivity index (χ1v) is 10.6. The van der Waals surface area contributed by atoms with Gasteiger partial charge in [-0.2, -0.15) is 0 Å². The Hall–Kier alpha value is -0.920. The number of rotatable bonds is 5. The number of benzene rings is 1. The molecule has 2 fully saturated rings. The largest absolute Gasteiger partial charge is 0.204 e. The fourth-order valence-corrected chi connectivity index (χ4v) is 5.78. The molecule has 25 heavy (non-hydrogen) atoms. The van der Waals surface area contributed by atoms with E-state index in [0.717, 1.165) is 30.6 Å². The van der Waals surface area contributed by atoms with Crippen molar-refractivity contribution >= 4 is 0 Å². The molecule has 2 aliphatic carbocycles. The maximum absolute atomic E-state index is 14.3. The lowest BCUT2D eigenvalue weighted by Crippen LogP contribution is -2.32. The maximum atomic E-state index is 14.3. The van der Waals surface area contributed by atoms with E-state index < -0.39 is 11.6 Å². The summed E-state index contributed by atoms with van der Waals surface area (Å²) in [5.41, 5.74) is 0.624. The lowest BCUT2D eigenvalue weighted by atomic mass is 9.62. The minimum atomic E-state index is -0.688. The van der Waals surface area contributed by atoms with Crippen LogP contribution in [0.5, 0.6) is 0 Å². The van der Waals surface area contributed by atoms with Crippen molar-refractivity contribution in [2.75, 3.05) is 0 Å². The predicted octanol–water partition coefficient (Wildman–Crippen LogP) is 7.48. The molecule has 0 aromatic heterocycles. The summed E-state index contributed by atoms with van der Waals surface area (Å²) in [7, 11) is 0. The van der Waals surface area contributed by atoms with E-state index in [4.69, 9.17) is 0 Å². The van der Waals surface area contributed by atoms with Crippen LogP contribution in [0.1, 0.15) is 89.5 Å². The first kappa shape index (κ1) is 18.9. The van der Waals surface area contributed by atoms with Crippen molar-refractivity contribution in [1.29, 1.82) is 0 Å². The number of halogens is 2. The third-order valence-electron chi connectivity index (χ3n) is 7.19. The van der Waals surface area contributed by atoms with E-state index in [0.29, 0.717) is 11.5 Å².